The van der Waals surface area contributed by atoms with Crippen LogP contribution in [0.1, 0.15) is 59.9 Å². The number of hydrogen-bond acceptors (Lipinski definition) is 3. The predicted molar refractivity (Wildman–Crippen MR) is 166 cm³/mol. The van der Waals surface area contributed by atoms with Crippen LogP contribution in [0.3, 0.4) is 0 Å². The second-order valence-electron chi connectivity index (χ2n) is 7.42. The number of terminal acetylenes is 2. The molecule has 5 nitrogen and oxygen atoms in total. The van der Waals surface area contributed by atoms with E-state index in [9.17, 15) is 17.6 Å². The molecule has 1 unspecified atom stereocenters. The van der Waals surface area contributed by atoms with Crippen molar-refractivity contribution in [2.24, 2.45) is 5.92 Å². The van der Waals surface area contributed by atoms with Gasteiger partial charge in [0.2, 0.25) is 5.91 Å². The van der Waals surface area contributed by atoms with Gasteiger partial charge in [0.25, 0.3) is 10.0 Å². The Hall–Kier alpha value is -3.26. The first-order chi connectivity index (χ1) is 18.6. The average molecular weight is 579 g/mol. The van der Waals surface area contributed by atoms with Crippen molar-refractivity contribution in [3.63, 3.8) is 0 Å². The van der Waals surface area contributed by atoms with Gasteiger partial charge in [-0.3, -0.25) is 9.10 Å². The zero-order chi connectivity index (χ0) is 31.2. The lowest BCUT2D eigenvalue weighted by Gasteiger charge is -2.30. The van der Waals surface area contributed by atoms with Crippen LogP contribution in [0.2, 0.25) is 5.02 Å². The number of nitrogens with zero attached hydrogens (tertiary/aromatic N) is 1. The SMILES string of the molecule is C#C.C#C.C=C[C@@H](CCC)CNC(=O)C(C)N(c1cc(C)ccc1F)S(=O)(=O)c1ccc(Cl)cc1.CC.CC. The Labute approximate surface area is 241 Å². The molecule has 216 valence electrons. The van der Waals surface area contributed by atoms with Gasteiger partial charge in [0.1, 0.15) is 11.9 Å². The summed E-state index contributed by atoms with van der Waals surface area (Å²) >= 11 is 5.89. The second-order valence-corrected chi connectivity index (χ2v) is 9.67. The van der Waals surface area contributed by atoms with Gasteiger partial charge in [0.15, 0.2) is 0 Å². The van der Waals surface area contributed by atoms with Gasteiger partial charge in [-0.05, 0) is 68.1 Å². The minimum atomic E-state index is -4.26. The Morgan fingerprint density at radius 1 is 1.08 bits per heavy atom. The maximum absolute atomic E-state index is 14.8. The third-order valence-electron chi connectivity index (χ3n) is 4.97. The zero-order valence-electron chi connectivity index (χ0n) is 24.2. The standard InChI is InChI=1S/C23H28ClFN2O3S.2C2H6.2C2H2/c1-5-7-18(6-2)15-26-23(28)17(4)27(22-14-16(3)8-13-21(22)25)31(29,30)20-11-9-19(24)10-12-20;4*1-2/h6,8-14,17-18H,2,5,7,15H2,1,3-4H3,(H,26,28);2*1-2H3;2*1-2H/t17?,18-;;;;/m0..../s1. The van der Waals surface area contributed by atoms with Gasteiger partial charge in [-0.15, -0.1) is 32.3 Å². The largest absolute Gasteiger partial charge is 0.354 e. The Morgan fingerprint density at radius 2 is 1.59 bits per heavy atom. The molecule has 2 rings (SSSR count). The van der Waals surface area contributed by atoms with Crippen molar-refractivity contribution in [1.29, 1.82) is 0 Å². The fourth-order valence-electron chi connectivity index (χ4n) is 3.22. The van der Waals surface area contributed by atoms with Crippen LogP contribution in [-0.2, 0) is 14.8 Å². The molecule has 0 saturated heterocycles. The summed E-state index contributed by atoms with van der Waals surface area (Å²) < 4.78 is 42.5. The van der Waals surface area contributed by atoms with Crippen LogP contribution in [0.5, 0.6) is 0 Å². The summed E-state index contributed by atoms with van der Waals surface area (Å²) in [6.45, 7) is 17.3. The van der Waals surface area contributed by atoms with Gasteiger partial charge in [-0.2, -0.15) is 0 Å². The maximum atomic E-state index is 14.8. The Kier molecular flexibility index (Phi) is 23.4. The van der Waals surface area contributed by atoms with Crippen LogP contribution in [0.15, 0.2) is 60.0 Å². The summed E-state index contributed by atoms with van der Waals surface area (Å²) in [4.78, 5) is 12.8. The molecule has 0 bridgehead atoms. The molecule has 0 spiro atoms. The lowest BCUT2D eigenvalue weighted by molar-refractivity contribution is -0.121. The molecule has 2 aromatic carbocycles. The third kappa shape index (κ3) is 12.9. The fourth-order valence-corrected chi connectivity index (χ4v) is 4.96. The lowest BCUT2D eigenvalue weighted by Crippen LogP contribution is -2.49. The van der Waals surface area contributed by atoms with Crippen LogP contribution >= 0.6 is 11.6 Å². The van der Waals surface area contributed by atoms with Crippen LogP contribution in [0.4, 0.5) is 10.1 Å². The average Bonchev–Trinajstić information content (AvgIpc) is 2.97. The number of amides is 1. The lowest BCUT2D eigenvalue weighted by atomic mass is 10.0. The Balaban J connectivity index is -0.00000148. The van der Waals surface area contributed by atoms with E-state index < -0.39 is 27.8 Å². The number of anilines is 1. The second kappa shape index (κ2) is 22.7. The van der Waals surface area contributed by atoms with Gasteiger partial charge in [-0.25, -0.2) is 12.8 Å². The van der Waals surface area contributed by atoms with Crippen LogP contribution < -0.4 is 9.62 Å². The summed E-state index contributed by atoms with van der Waals surface area (Å²) in [6.07, 6.45) is 19.5. The number of nitrogens with one attached hydrogen (secondary N) is 1. The van der Waals surface area contributed by atoms with E-state index in [1.807, 2.05) is 34.6 Å². The smallest absolute Gasteiger partial charge is 0.265 e. The first kappa shape index (κ1) is 40.2. The van der Waals surface area contributed by atoms with Gasteiger partial charge in [0, 0.05) is 11.6 Å². The molecule has 0 aliphatic carbocycles. The van der Waals surface area contributed by atoms with Gasteiger partial charge in [-0.1, -0.05) is 64.8 Å². The van der Waals surface area contributed by atoms with Crippen molar-refractivity contribution in [2.75, 3.05) is 10.8 Å². The van der Waals surface area contributed by atoms with E-state index >= 15 is 0 Å². The van der Waals surface area contributed by atoms with E-state index in [2.05, 4.69) is 37.6 Å². The molecule has 39 heavy (non-hydrogen) atoms. The molecule has 2 aromatic rings. The van der Waals surface area contributed by atoms with Gasteiger partial charge < -0.3 is 5.32 Å². The van der Waals surface area contributed by atoms with E-state index in [4.69, 9.17) is 11.6 Å². The molecule has 0 heterocycles. The summed E-state index contributed by atoms with van der Waals surface area (Å²) in [6, 6.07) is 8.48. The number of hydrogen-bond donors (Lipinski definition) is 1. The molecule has 2 atom stereocenters. The first-order valence-corrected chi connectivity index (χ1v) is 14.6. The molecule has 0 aliphatic rings. The number of benzene rings is 2. The number of carbonyl (C=O) groups is 1. The van der Waals surface area contributed by atoms with Crippen molar-refractivity contribution >= 4 is 33.2 Å². The third-order valence-corrected chi connectivity index (χ3v) is 7.12. The van der Waals surface area contributed by atoms with E-state index in [-0.39, 0.29) is 16.5 Å². The monoisotopic (exact) mass is 578 g/mol. The first-order valence-electron chi connectivity index (χ1n) is 12.7. The van der Waals surface area contributed by atoms with E-state index in [1.165, 1.54) is 49.4 Å². The van der Waals surface area contributed by atoms with Crippen molar-refractivity contribution in [2.45, 2.75) is 72.2 Å². The van der Waals surface area contributed by atoms with E-state index in [1.54, 1.807) is 13.0 Å². The highest BCUT2D eigenvalue weighted by Gasteiger charge is 2.35. The Morgan fingerprint density at radius 3 is 2.05 bits per heavy atom. The summed E-state index contributed by atoms with van der Waals surface area (Å²) in [5, 5.41) is 3.14. The van der Waals surface area contributed by atoms with Gasteiger partial charge >= 0.3 is 0 Å². The number of carbonyl (C=O) groups excluding carboxylic acids is 1. The van der Waals surface area contributed by atoms with Crippen LogP contribution in [0, 0.1) is 44.4 Å². The van der Waals surface area contributed by atoms with Crippen molar-refractivity contribution in [3.05, 3.63) is 71.5 Å². The highest BCUT2D eigenvalue weighted by molar-refractivity contribution is 7.93. The number of halogens is 2. The molecule has 0 fully saturated rings. The number of aryl methyl sites for hydroxylation is 1. The zero-order valence-corrected chi connectivity index (χ0v) is 25.8. The highest BCUT2D eigenvalue weighted by Crippen LogP contribution is 2.30. The molecule has 0 saturated carbocycles. The van der Waals surface area contributed by atoms with Crippen LogP contribution in [0.25, 0.3) is 0 Å². The normalized spacial score (nSPS) is 11.0. The van der Waals surface area contributed by atoms with Crippen molar-refractivity contribution in [3.8, 4) is 25.7 Å². The summed E-state index contributed by atoms with van der Waals surface area (Å²) in [5.74, 6) is -1.20. The minimum absolute atomic E-state index is 0.0678. The predicted octanol–water partition coefficient (Wildman–Crippen LogP) is 7.64. The van der Waals surface area contributed by atoms with Crippen molar-refractivity contribution < 1.29 is 17.6 Å². The highest BCUT2D eigenvalue weighted by atomic mass is 35.5. The topological polar surface area (TPSA) is 66.5 Å². The number of rotatable bonds is 10. The Bertz CT molecular complexity index is 1110. The van der Waals surface area contributed by atoms with Crippen LogP contribution in [-0.4, -0.2) is 26.9 Å². The molecule has 0 radical (unpaired) electrons. The quantitative estimate of drug-likeness (QED) is 0.233. The molecule has 1 N–H and O–H groups in total. The van der Waals surface area contributed by atoms with E-state index in [0.717, 1.165) is 17.1 Å². The summed E-state index contributed by atoms with van der Waals surface area (Å²) in [7, 11) is -4.26. The molecule has 0 aliphatic heterocycles. The minimum Gasteiger partial charge on any atom is -0.354 e. The molecule has 8 heteroatoms. The molecule has 0 aromatic heterocycles. The fraction of sp³-hybridized carbons (Fsp3) is 0.387. The number of sulfonamides is 1. The molecular weight excluding hydrogens is 535 g/mol. The molecular formula is C31H44ClFN2O3S. The molecule has 1 amide bonds. The van der Waals surface area contributed by atoms with Crippen molar-refractivity contribution in [1.82, 2.24) is 5.32 Å². The van der Waals surface area contributed by atoms with E-state index in [0.29, 0.717) is 17.1 Å². The maximum Gasteiger partial charge on any atom is 0.265 e. The summed E-state index contributed by atoms with van der Waals surface area (Å²) in [5.41, 5.74) is 0.474. The van der Waals surface area contributed by atoms with Gasteiger partial charge in [0.05, 0.1) is 10.6 Å².